The van der Waals surface area contributed by atoms with E-state index in [9.17, 15) is 9.50 Å². The molecule has 0 bridgehead atoms. The van der Waals surface area contributed by atoms with Gasteiger partial charge in [0.15, 0.2) is 0 Å². The Kier molecular flexibility index (Phi) is 4.92. The van der Waals surface area contributed by atoms with Gasteiger partial charge in [-0.05, 0) is 49.8 Å². The topological polar surface area (TPSA) is 23.5 Å². The second kappa shape index (κ2) is 6.35. The van der Waals surface area contributed by atoms with Gasteiger partial charge < -0.3 is 10.0 Å². The number of aliphatic hydroxyl groups is 1. The fourth-order valence-electron chi connectivity index (χ4n) is 3.47. The van der Waals surface area contributed by atoms with Gasteiger partial charge in [0.1, 0.15) is 5.82 Å². The van der Waals surface area contributed by atoms with Gasteiger partial charge in [-0.2, -0.15) is 0 Å². The SMILES string of the molecule is CCC1(CC)CCN(c2cc(C)c(F)cc2[C@@H](C)O)CC1. The molecule has 1 heterocycles. The van der Waals surface area contributed by atoms with E-state index in [1.807, 2.05) is 6.07 Å². The maximum absolute atomic E-state index is 13.8. The van der Waals surface area contributed by atoms with Gasteiger partial charge in [-0.15, -0.1) is 0 Å². The molecule has 0 unspecified atom stereocenters. The first-order valence-corrected chi connectivity index (χ1v) is 8.15. The first kappa shape index (κ1) is 16.3. The van der Waals surface area contributed by atoms with Crippen LogP contribution in [0.25, 0.3) is 0 Å². The quantitative estimate of drug-likeness (QED) is 0.877. The third-order valence-electron chi connectivity index (χ3n) is 5.42. The number of rotatable bonds is 4. The van der Waals surface area contributed by atoms with Crippen LogP contribution < -0.4 is 4.90 Å². The van der Waals surface area contributed by atoms with Crippen LogP contribution in [-0.2, 0) is 0 Å². The number of hydrogen-bond donors (Lipinski definition) is 1. The van der Waals surface area contributed by atoms with Gasteiger partial charge in [0.25, 0.3) is 0 Å². The second-order valence-corrected chi connectivity index (χ2v) is 6.53. The van der Waals surface area contributed by atoms with Crippen molar-refractivity contribution >= 4 is 5.69 Å². The number of anilines is 1. The molecule has 1 aliphatic rings. The Morgan fingerprint density at radius 1 is 1.24 bits per heavy atom. The molecule has 3 heteroatoms. The minimum absolute atomic E-state index is 0.233. The zero-order valence-electron chi connectivity index (χ0n) is 13.7. The number of benzene rings is 1. The standard InChI is InChI=1S/C18H28FNO/c1-5-18(6-2)7-9-20(10-8-18)17-11-13(3)16(19)12-15(17)14(4)21/h11-12,14,21H,5-10H2,1-4H3/t14-/m1/s1. The molecule has 0 saturated carbocycles. The zero-order chi connectivity index (χ0) is 15.6. The highest BCUT2D eigenvalue weighted by atomic mass is 19.1. The Labute approximate surface area is 128 Å². The summed E-state index contributed by atoms with van der Waals surface area (Å²) in [6.45, 7) is 10.0. The molecule has 1 fully saturated rings. The summed E-state index contributed by atoms with van der Waals surface area (Å²) in [6, 6.07) is 3.39. The Hall–Kier alpha value is -1.09. The van der Waals surface area contributed by atoms with E-state index < -0.39 is 6.10 Å². The highest BCUT2D eigenvalue weighted by Crippen LogP contribution is 2.40. The number of halogens is 1. The van der Waals surface area contributed by atoms with Crippen molar-refractivity contribution in [2.24, 2.45) is 5.41 Å². The predicted molar refractivity (Wildman–Crippen MR) is 86.2 cm³/mol. The Morgan fingerprint density at radius 2 is 1.81 bits per heavy atom. The van der Waals surface area contributed by atoms with Gasteiger partial charge in [0.05, 0.1) is 6.10 Å². The molecule has 0 aromatic heterocycles. The van der Waals surface area contributed by atoms with Crippen molar-refractivity contribution in [2.75, 3.05) is 18.0 Å². The van der Waals surface area contributed by atoms with Crippen LogP contribution in [0.3, 0.4) is 0 Å². The average Bonchev–Trinajstić information content (AvgIpc) is 2.49. The minimum Gasteiger partial charge on any atom is -0.389 e. The van der Waals surface area contributed by atoms with Crippen molar-refractivity contribution in [1.82, 2.24) is 0 Å². The van der Waals surface area contributed by atoms with E-state index >= 15 is 0 Å². The van der Waals surface area contributed by atoms with Gasteiger partial charge in [0.2, 0.25) is 0 Å². The molecule has 118 valence electrons. The molecule has 0 amide bonds. The molecular weight excluding hydrogens is 265 g/mol. The van der Waals surface area contributed by atoms with E-state index in [-0.39, 0.29) is 5.82 Å². The lowest BCUT2D eigenvalue weighted by Gasteiger charge is -2.42. The lowest BCUT2D eigenvalue weighted by atomic mass is 9.74. The Balaban J connectivity index is 2.26. The predicted octanol–water partition coefficient (Wildman–Crippen LogP) is 4.59. The maximum atomic E-state index is 13.8. The fourth-order valence-corrected chi connectivity index (χ4v) is 3.47. The minimum atomic E-state index is -0.640. The van der Waals surface area contributed by atoms with Crippen molar-refractivity contribution < 1.29 is 9.50 Å². The third-order valence-corrected chi connectivity index (χ3v) is 5.42. The first-order chi connectivity index (χ1) is 9.92. The van der Waals surface area contributed by atoms with Crippen LogP contribution in [-0.4, -0.2) is 18.2 Å². The fraction of sp³-hybridized carbons (Fsp3) is 0.667. The van der Waals surface area contributed by atoms with Crippen LogP contribution in [0.2, 0.25) is 0 Å². The largest absolute Gasteiger partial charge is 0.389 e. The number of hydrogen-bond acceptors (Lipinski definition) is 2. The van der Waals surface area contributed by atoms with Crippen LogP contribution in [0, 0.1) is 18.2 Å². The van der Waals surface area contributed by atoms with Crippen molar-refractivity contribution in [3.05, 3.63) is 29.1 Å². The van der Waals surface area contributed by atoms with Gasteiger partial charge >= 0.3 is 0 Å². The Morgan fingerprint density at radius 3 is 2.29 bits per heavy atom. The molecule has 0 aliphatic carbocycles. The highest BCUT2D eigenvalue weighted by Gasteiger charge is 2.32. The summed E-state index contributed by atoms with van der Waals surface area (Å²) >= 11 is 0. The van der Waals surface area contributed by atoms with Crippen molar-refractivity contribution in [2.45, 2.75) is 59.5 Å². The van der Waals surface area contributed by atoms with E-state index in [0.29, 0.717) is 16.5 Å². The average molecular weight is 293 g/mol. The van der Waals surface area contributed by atoms with Crippen LogP contribution in [0.1, 0.15) is 63.7 Å². The zero-order valence-corrected chi connectivity index (χ0v) is 13.7. The van der Waals surface area contributed by atoms with E-state index in [4.69, 9.17) is 0 Å². The molecule has 21 heavy (non-hydrogen) atoms. The normalized spacial score (nSPS) is 19.6. The monoisotopic (exact) mass is 293 g/mol. The summed E-state index contributed by atoms with van der Waals surface area (Å²) in [7, 11) is 0. The molecule has 0 spiro atoms. The van der Waals surface area contributed by atoms with Gasteiger partial charge in [-0.25, -0.2) is 4.39 Å². The number of aryl methyl sites for hydroxylation is 1. The molecule has 1 aliphatic heterocycles. The van der Waals surface area contributed by atoms with E-state index in [1.165, 1.54) is 31.7 Å². The lowest BCUT2D eigenvalue weighted by molar-refractivity contribution is 0.192. The van der Waals surface area contributed by atoms with Gasteiger partial charge in [-0.3, -0.25) is 0 Å². The number of piperidine rings is 1. The second-order valence-electron chi connectivity index (χ2n) is 6.53. The van der Waals surface area contributed by atoms with Crippen LogP contribution in [0.15, 0.2) is 12.1 Å². The number of nitrogens with zero attached hydrogens (tertiary/aromatic N) is 1. The summed E-state index contributed by atoms with van der Waals surface area (Å²) in [4.78, 5) is 2.32. The molecule has 1 saturated heterocycles. The van der Waals surface area contributed by atoms with E-state index in [0.717, 1.165) is 18.8 Å². The maximum Gasteiger partial charge on any atom is 0.126 e. The first-order valence-electron chi connectivity index (χ1n) is 8.15. The van der Waals surface area contributed by atoms with E-state index in [2.05, 4.69) is 18.7 Å². The molecule has 2 rings (SSSR count). The van der Waals surface area contributed by atoms with Crippen LogP contribution in [0.5, 0.6) is 0 Å². The molecule has 1 N–H and O–H groups in total. The summed E-state index contributed by atoms with van der Waals surface area (Å²) in [5.74, 6) is -0.233. The molecule has 1 aromatic rings. The highest BCUT2D eigenvalue weighted by molar-refractivity contribution is 5.57. The molecule has 1 aromatic carbocycles. The summed E-state index contributed by atoms with van der Waals surface area (Å²) < 4.78 is 13.8. The van der Waals surface area contributed by atoms with E-state index in [1.54, 1.807) is 13.8 Å². The van der Waals surface area contributed by atoms with Crippen molar-refractivity contribution in [1.29, 1.82) is 0 Å². The summed E-state index contributed by atoms with van der Waals surface area (Å²) in [5.41, 5.74) is 2.83. The van der Waals surface area contributed by atoms with Crippen LogP contribution >= 0.6 is 0 Å². The number of aliphatic hydroxyl groups excluding tert-OH is 1. The van der Waals surface area contributed by atoms with Crippen molar-refractivity contribution in [3.8, 4) is 0 Å². The molecule has 2 nitrogen and oxygen atoms in total. The third kappa shape index (κ3) is 3.23. The van der Waals surface area contributed by atoms with Crippen molar-refractivity contribution in [3.63, 3.8) is 0 Å². The summed E-state index contributed by atoms with van der Waals surface area (Å²) in [6.07, 6.45) is 4.16. The summed E-state index contributed by atoms with van der Waals surface area (Å²) in [5, 5.41) is 9.95. The van der Waals surface area contributed by atoms with Gasteiger partial charge in [0, 0.05) is 24.3 Å². The molecule has 0 radical (unpaired) electrons. The lowest BCUT2D eigenvalue weighted by Crippen LogP contribution is -2.40. The van der Waals surface area contributed by atoms with Gasteiger partial charge in [-0.1, -0.05) is 26.7 Å². The molecular formula is C18H28FNO. The Bertz CT molecular complexity index is 484. The van der Waals surface area contributed by atoms with Crippen LogP contribution in [0.4, 0.5) is 10.1 Å². The smallest absolute Gasteiger partial charge is 0.126 e. The molecule has 1 atom stereocenters.